The van der Waals surface area contributed by atoms with Gasteiger partial charge < -0.3 is 14.2 Å². The minimum absolute atomic E-state index is 0.0669. The predicted molar refractivity (Wildman–Crippen MR) is 261 cm³/mol. The molecular formula is C55H104O6. The van der Waals surface area contributed by atoms with E-state index in [-0.39, 0.29) is 31.1 Å². The molecule has 0 spiro atoms. The first-order valence-corrected chi connectivity index (χ1v) is 27.2. The number of carbonyl (C=O) groups is 3. The lowest BCUT2D eigenvalue weighted by Crippen LogP contribution is -2.30. The van der Waals surface area contributed by atoms with Gasteiger partial charge in [0.2, 0.25) is 0 Å². The molecule has 0 bridgehead atoms. The number of allylic oxidation sites excluding steroid dienone is 2. The number of hydrogen-bond donors (Lipinski definition) is 0. The van der Waals surface area contributed by atoms with Gasteiger partial charge in [0.05, 0.1) is 0 Å². The van der Waals surface area contributed by atoms with Crippen molar-refractivity contribution in [2.24, 2.45) is 0 Å². The first-order valence-electron chi connectivity index (χ1n) is 27.2. The molecule has 6 nitrogen and oxygen atoms in total. The molecule has 0 aliphatic heterocycles. The molecule has 0 aromatic heterocycles. The predicted octanol–water partition coefficient (Wildman–Crippen LogP) is 17.8. The fourth-order valence-electron chi connectivity index (χ4n) is 8.14. The van der Waals surface area contributed by atoms with Crippen molar-refractivity contribution in [2.75, 3.05) is 13.2 Å². The summed E-state index contributed by atoms with van der Waals surface area (Å²) in [4.78, 5) is 38.0. The maximum atomic E-state index is 12.8. The van der Waals surface area contributed by atoms with Crippen molar-refractivity contribution in [2.45, 2.75) is 309 Å². The molecule has 0 aromatic rings. The summed E-state index contributed by atoms with van der Waals surface area (Å²) in [5.74, 6) is -0.856. The SMILES string of the molecule is CCCCCCCCC/C=C\CCCCCCCC(=O)OCC(COC(=O)CCCCCCCCCCCCCCC)OC(=O)CCCCCCCCCCCCCCCC. The zero-order chi connectivity index (χ0) is 44.4. The van der Waals surface area contributed by atoms with Crippen molar-refractivity contribution in [3.63, 3.8) is 0 Å². The second-order valence-corrected chi connectivity index (χ2v) is 18.5. The highest BCUT2D eigenvalue weighted by Gasteiger charge is 2.19. The Morgan fingerprint density at radius 3 is 0.820 bits per heavy atom. The lowest BCUT2D eigenvalue weighted by Gasteiger charge is -2.18. The third kappa shape index (κ3) is 49.0. The van der Waals surface area contributed by atoms with Crippen molar-refractivity contribution in [3.05, 3.63) is 12.2 Å². The Morgan fingerprint density at radius 2 is 0.541 bits per heavy atom. The molecule has 61 heavy (non-hydrogen) atoms. The molecule has 0 aliphatic carbocycles. The molecule has 0 N–H and O–H groups in total. The van der Waals surface area contributed by atoms with Crippen molar-refractivity contribution >= 4 is 17.9 Å². The molecule has 0 radical (unpaired) electrons. The van der Waals surface area contributed by atoms with Gasteiger partial charge in [0.1, 0.15) is 13.2 Å². The average Bonchev–Trinajstić information content (AvgIpc) is 3.26. The van der Waals surface area contributed by atoms with Gasteiger partial charge in [0.15, 0.2) is 6.10 Å². The summed E-state index contributed by atoms with van der Waals surface area (Å²) in [6.07, 6.45) is 56.2. The van der Waals surface area contributed by atoms with Gasteiger partial charge in [-0.05, 0) is 44.9 Å². The molecule has 0 heterocycles. The topological polar surface area (TPSA) is 78.9 Å². The van der Waals surface area contributed by atoms with E-state index in [0.717, 1.165) is 64.2 Å². The smallest absolute Gasteiger partial charge is 0.306 e. The van der Waals surface area contributed by atoms with Crippen LogP contribution in [0.15, 0.2) is 12.2 Å². The highest BCUT2D eigenvalue weighted by atomic mass is 16.6. The number of ether oxygens (including phenoxy) is 3. The number of unbranched alkanes of at least 4 members (excludes halogenated alkanes) is 37. The quantitative estimate of drug-likeness (QED) is 0.0262. The molecule has 0 saturated heterocycles. The van der Waals surface area contributed by atoms with E-state index in [1.54, 1.807) is 0 Å². The van der Waals surface area contributed by atoms with E-state index in [1.807, 2.05) is 0 Å². The van der Waals surface area contributed by atoms with Crippen molar-refractivity contribution in [1.82, 2.24) is 0 Å². The van der Waals surface area contributed by atoms with E-state index in [0.29, 0.717) is 19.3 Å². The van der Waals surface area contributed by atoms with Crippen LogP contribution in [0.3, 0.4) is 0 Å². The van der Waals surface area contributed by atoms with Crippen LogP contribution in [0.5, 0.6) is 0 Å². The van der Waals surface area contributed by atoms with Gasteiger partial charge in [-0.2, -0.15) is 0 Å². The lowest BCUT2D eigenvalue weighted by molar-refractivity contribution is -0.167. The minimum Gasteiger partial charge on any atom is -0.462 e. The monoisotopic (exact) mass is 861 g/mol. The number of hydrogen-bond acceptors (Lipinski definition) is 6. The zero-order valence-corrected chi connectivity index (χ0v) is 41.2. The van der Waals surface area contributed by atoms with Crippen LogP contribution in [-0.2, 0) is 28.6 Å². The Bertz CT molecular complexity index is 947. The second-order valence-electron chi connectivity index (χ2n) is 18.5. The van der Waals surface area contributed by atoms with E-state index in [9.17, 15) is 14.4 Å². The van der Waals surface area contributed by atoms with Crippen LogP contribution in [-0.4, -0.2) is 37.2 Å². The zero-order valence-electron chi connectivity index (χ0n) is 41.2. The van der Waals surface area contributed by atoms with Gasteiger partial charge in [-0.15, -0.1) is 0 Å². The summed E-state index contributed by atoms with van der Waals surface area (Å²) in [7, 11) is 0. The summed E-state index contributed by atoms with van der Waals surface area (Å²) >= 11 is 0. The van der Waals surface area contributed by atoms with Crippen molar-refractivity contribution in [3.8, 4) is 0 Å². The van der Waals surface area contributed by atoms with E-state index in [1.165, 1.54) is 199 Å². The lowest BCUT2D eigenvalue weighted by atomic mass is 10.0. The fraction of sp³-hybridized carbons (Fsp3) is 0.909. The summed E-state index contributed by atoms with van der Waals surface area (Å²) < 4.78 is 16.8. The van der Waals surface area contributed by atoms with Gasteiger partial charge in [-0.3, -0.25) is 14.4 Å². The molecule has 0 aromatic carbocycles. The standard InChI is InChI=1S/C55H104O6/c1-4-7-10-13-16-19-22-25-27-28-31-33-36-39-42-45-48-54(57)60-51-52(50-59-53(56)47-44-41-38-35-32-29-24-21-18-15-12-9-6-3)61-55(58)49-46-43-40-37-34-30-26-23-20-17-14-11-8-5-2/h27-28,52H,4-26,29-51H2,1-3H3/b28-27-. The summed E-state index contributed by atoms with van der Waals surface area (Å²) in [5.41, 5.74) is 0. The van der Waals surface area contributed by atoms with Crippen LogP contribution in [0.2, 0.25) is 0 Å². The summed E-state index contributed by atoms with van der Waals surface area (Å²) in [6.45, 7) is 6.67. The Hall–Kier alpha value is -1.85. The first-order chi connectivity index (χ1) is 30.0. The first kappa shape index (κ1) is 59.1. The minimum atomic E-state index is -0.766. The van der Waals surface area contributed by atoms with Gasteiger partial charge in [-0.1, -0.05) is 251 Å². The average molecular weight is 861 g/mol. The van der Waals surface area contributed by atoms with E-state index in [4.69, 9.17) is 14.2 Å². The molecular weight excluding hydrogens is 757 g/mol. The second kappa shape index (κ2) is 50.8. The summed E-state index contributed by atoms with van der Waals surface area (Å²) in [6, 6.07) is 0. The van der Waals surface area contributed by atoms with Crippen LogP contribution < -0.4 is 0 Å². The number of carbonyl (C=O) groups excluding carboxylic acids is 3. The number of esters is 3. The third-order valence-corrected chi connectivity index (χ3v) is 12.3. The molecule has 6 heteroatoms. The molecule has 0 saturated carbocycles. The van der Waals surface area contributed by atoms with E-state index < -0.39 is 6.10 Å². The Balaban J connectivity index is 4.33. The Morgan fingerprint density at radius 1 is 0.311 bits per heavy atom. The van der Waals surface area contributed by atoms with E-state index in [2.05, 4.69) is 32.9 Å². The number of rotatable bonds is 50. The van der Waals surface area contributed by atoms with Gasteiger partial charge in [0, 0.05) is 19.3 Å². The molecule has 1 unspecified atom stereocenters. The largest absolute Gasteiger partial charge is 0.462 e. The van der Waals surface area contributed by atoms with Crippen LogP contribution >= 0.6 is 0 Å². The normalized spacial score (nSPS) is 12.0. The van der Waals surface area contributed by atoms with Gasteiger partial charge in [0.25, 0.3) is 0 Å². The molecule has 1 atom stereocenters. The fourth-order valence-corrected chi connectivity index (χ4v) is 8.14. The van der Waals surface area contributed by atoms with Crippen molar-refractivity contribution < 1.29 is 28.6 Å². The molecule has 0 aliphatic rings. The molecule has 0 amide bonds. The van der Waals surface area contributed by atoms with Gasteiger partial charge in [-0.25, -0.2) is 0 Å². The van der Waals surface area contributed by atoms with Crippen molar-refractivity contribution in [1.29, 1.82) is 0 Å². The van der Waals surface area contributed by atoms with Crippen LogP contribution in [0, 0.1) is 0 Å². The maximum Gasteiger partial charge on any atom is 0.306 e. The molecule has 360 valence electrons. The van der Waals surface area contributed by atoms with Crippen LogP contribution in [0.25, 0.3) is 0 Å². The summed E-state index contributed by atoms with van der Waals surface area (Å²) in [5, 5.41) is 0. The van der Waals surface area contributed by atoms with Gasteiger partial charge >= 0.3 is 17.9 Å². The van der Waals surface area contributed by atoms with E-state index >= 15 is 0 Å². The Kier molecular flexibility index (Phi) is 49.3. The molecule has 0 rings (SSSR count). The van der Waals surface area contributed by atoms with Crippen LogP contribution in [0.1, 0.15) is 303 Å². The Labute approximate surface area is 380 Å². The highest BCUT2D eigenvalue weighted by molar-refractivity contribution is 5.71. The maximum absolute atomic E-state index is 12.8. The third-order valence-electron chi connectivity index (χ3n) is 12.3. The highest BCUT2D eigenvalue weighted by Crippen LogP contribution is 2.16. The van der Waals surface area contributed by atoms with Crippen LogP contribution in [0.4, 0.5) is 0 Å². The molecule has 0 fully saturated rings.